The highest BCUT2D eigenvalue weighted by molar-refractivity contribution is 6.30. The van der Waals surface area contributed by atoms with Gasteiger partial charge in [-0.1, -0.05) is 30.7 Å². The topological polar surface area (TPSA) is 85.6 Å². The lowest BCUT2D eigenvalue weighted by Gasteiger charge is -2.21. The third-order valence-electron chi connectivity index (χ3n) is 5.03. The first-order chi connectivity index (χ1) is 14.9. The van der Waals surface area contributed by atoms with Gasteiger partial charge in [0, 0.05) is 16.0 Å². The Morgan fingerprint density at radius 2 is 1.72 bits per heavy atom. The number of aryl methyl sites for hydroxylation is 1. The maximum atomic E-state index is 13.7. The van der Waals surface area contributed by atoms with Crippen LogP contribution in [0.5, 0.6) is 0 Å². The van der Waals surface area contributed by atoms with Gasteiger partial charge in [-0.15, -0.1) is 0 Å². The standard InChI is InChI=1S/C25H26ClNO5/c1-14-6-11-18-19(12-14)27(24(31)32-25(3,4)5)22(21(18)15(2)13-20(28)29)23(30)16-7-9-17(26)10-8-16/h6-12,15H,13H2,1-5H3,(H,28,29). The van der Waals surface area contributed by atoms with E-state index in [1.807, 2.05) is 19.1 Å². The number of aromatic nitrogens is 1. The van der Waals surface area contributed by atoms with Gasteiger partial charge in [-0.2, -0.15) is 0 Å². The number of aliphatic carboxylic acids is 1. The van der Waals surface area contributed by atoms with Crippen LogP contribution >= 0.6 is 11.6 Å². The first kappa shape index (κ1) is 23.5. The number of hydrogen-bond donors (Lipinski definition) is 1. The molecule has 1 heterocycles. The molecule has 1 aromatic heterocycles. The van der Waals surface area contributed by atoms with Gasteiger partial charge in [0.2, 0.25) is 5.78 Å². The highest BCUT2D eigenvalue weighted by Gasteiger charge is 2.32. The van der Waals surface area contributed by atoms with Crippen LogP contribution in [0.3, 0.4) is 0 Å². The molecule has 0 bridgehead atoms. The number of nitrogens with zero attached hydrogens (tertiary/aromatic N) is 1. The number of hydrogen-bond acceptors (Lipinski definition) is 4. The first-order valence-corrected chi connectivity index (χ1v) is 10.7. The van der Waals surface area contributed by atoms with Gasteiger partial charge in [0.1, 0.15) is 11.3 Å². The zero-order chi connectivity index (χ0) is 23.8. The molecular weight excluding hydrogens is 430 g/mol. The Hall–Kier alpha value is -3.12. The number of ketones is 1. The Kier molecular flexibility index (Phi) is 6.46. The van der Waals surface area contributed by atoms with Gasteiger partial charge < -0.3 is 9.84 Å². The van der Waals surface area contributed by atoms with E-state index in [1.165, 1.54) is 4.57 Å². The van der Waals surface area contributed by atoms with Crippen LogP contribution in [-0.2, 0) is 9.53 Å². The molecule has 0 aliphatic carbocycles. The van der Waals surface area contributed by atoms with Crippen molar-refractivity contribution in [3.05, 3.63) is 69.9 Å². The summed E-state index contributed by atoms with van der Waals surface area (Å²) in [7, 11) is 0. The van der Waals surface area contributed by atoms with Gasteiger partial charge in [0.05, 0.1) is 11.9 Å². The average Bonchev–Trinajstić information content (AvgIpc) is 3.00. The van der Waals surface area contributed by atoms with Crippen LogP contribution in [0.25, 0.3) is 10.9 Å². The fourth-order valence-corrected chi connectivity index (χ4v) is 3.87. The smallest absolute Gasteiger partial charge is 0.419 e. The van der Waals surface area contributed by atoms with Crippen LogP contribution in [0.15, 0.2) is 42.5 Å². The van der Waals surface area contributed by atoms with E-state index >= 15 is 0 Å². The van der Waals surface area contributed by atoms with Crippen molar-refractivity contribution in [3.8, 4) is 0 Å². The molecule has 168 valence electrons. The minimum atomic E-state index is -0.993. The maximum absolute atomic E-state index is 13.7. The molecule has 2 aromatic carbocycles. The summed E-state index contributed by atoms with van der Waals surface area (Å²) >= 11 is 5.98. The van der Waals surface area contributed by atoms with Crippen LogP contribution in [-0.4, -0.2) is 33.1 Å². The molecular formula is C25H26ClNO5. The summed E-state index contributed by atoms with van der Waals surface area (Å²) in [5.74, 6) is -1.92. The molecule has 1 atom stereocenters. The van der Waals surface area contributed by atoms with E-state index in [4.69, 9.17) is 16.3 Å². The highest BCUT2D eigenvalue weighted by atomic mass is 35.5. The van der Waals surface area contributed by atoms with E-state index in [9.17, 15) is 19.5 Å². The molecule has 0 fully saturated rings. The zero-order valence-corrected chi connectivity index (χ0v) is 19.5. The number of carbonyl (C=O) groups excluding carboxylic acids is 2. The summed E-state index contributed by atoms with van der Waals surface area (Å²) in [5, 5.41) is 10.5. The fraction of sp³-hybridized carbons (Fsp3) is 0.320. The van der Waals surface area contributed by atoms with E-state index in [0.29, 0.717) is 27.1 Å². The number of rotatable bonds is 5. The molecule has 0 saturated heterocycles. The Morgan fingerprint density at radius 1 is 1.09 bits per heavy atom. The Labute approximate surface area is 191 Å². The maximum Gasteiger partial charge on any atom is 0.419 e. The van der Waals surface area contributed by atoms with Gasteiger partial charge in [-0.3, -0.25) is 9.59 Å². The number of carboxylic acids is 1. The predicted molar refractivity (Wildman–Crippen MR) is 124 cm³/mol. The van der Waals surface area contributed by atoms with Crippen LogP contribution in [0.4, 0.5) is 4.79 Å². The third kappa shape index (κ3) is 4.86. The molecule has 0 saturated carbocycles. The predicted octanol–water partition coefficient (Wildman–Crippen LogP) is 6.20. The minimum Gasteiger partial charge on any atom is -0.481 e. The van der Waals surface area contributed by atoms with Crippen molar-refractivity contribution in [2.24, 2.45) is 0 Å². The van der Waals surface area contributed by atoms with Crippen molar-refractivity contribution in [2.45, 2.75) is 52.6 Å². The van der Waals surface area contributed by atoms with Crippen molar-refractivity contribution >= 4 is 40.3 Å². The molecule has 0 aliphatic heterocycles. The summed E-state index contributed by atoms with van der Waals surface area (Å²) in [6.45, 7) is 8.86. The summed E-state index contributed by atoms with van der Waals surface area (Å²) in [6, 6.07) is 11.8. The van der Waals surface area contributed by atoms with Gasteiger partial charge >= 0.3 is 12.1 Å². The second-order valence-corrected chi connectivity index (χ2v) is 9.37. The second-order valence-electron chi connectivity index (χ2n) is 8.93. The summed E-state index contributed by atoms with van der Waals surface area (Å²) in [6.07, 6.45) is -0.887. The van der Waals surface area contributed by atoms with Gasteiger partial charge in [-0.05, 0) is 75.1 Å². The molecule has 3 aromatic rings. The lowest BCUT2D eigenvalue weighted by molar-refractivity contribution is -0.137. The van der Waals surface area contributed by atoms with Crippen LogP contribution < -0.4 is 0 Å². The molecule has 1 unspecified atom stereocenters. The summed E-state index contributed by atoms with van der Waals surface area (Å²) in [5.41, 5.74) is 1.56. The van der Waals surface area contributed by atoms with Crippen molar-refractivity contribution in [1.29, 1.82) is 0 Å². The highest BCUT2D eigenvalue weighted by Crippen LogP contribution is 2.36. The number of fused-ring (bicyclic) bond motifs is 1. The number of benzene rings is 2. The number of carboxylic acid groups (broad SMARTS) is 1. The normalized spacial score (nSPS) is 12.6. The Balaban J connectivity index is 2.37. The number of halogens is 1. The molecule has 1 N–H and O–H groups in total. The van der Waals surface area contributed by atoms with E-state index in [1.54, 1.807) is 58.0 Å². The SMILES string of the molecule is Cc1ccc2c(C(C)CC(=O)O)c(C(=O)c3ccc(Cl)cc3)n(C(=O)OC(C)(C)C)c2c1. The monoisotopic (exact) mass is 455 g/mol. The quantitative estimate of drug-likeness (QED) is 0.463. The van der Waals surface area contributed by atoms with E-state index in [0.717, 1.165) is 5.56 Å². The molecule has 6 nitrogen and oxygen atoms in total. The van der Waals surface area contributed by atoms with Gasteiger partial charge in [0.15, 0.2) is 0 Å². The molecule has 7 heteroatoms. The Morgan fingerprint density at radius 3 is 2.28 bits per heavy atom. The lowest BCUT2D eigenvalue weighted by Crippen LogP contribution is -2.29. The summed E-state index contributed by atoms with van der Waals surface area (Å²) < 4.78 is 6.90. The van der Waals surface area contributed by atoms with E-state index in [2.05, 4.69) is 0 Å². The van der Waals surface area contributed by atoms with Crippen molar-refractivity contribution in [2.75, 3.05) is 0 Å². The van der Waals surface area contributed by atoms with Crippen LogP contribution in [0.1, 0.15) is 67.2 Å². The molecule has 32 heavy (non-hydrogen) atoms. The van der Waals surface area contributed by atoms with Crippen LogP contribution in [0.2, 0.25) is 5.02 Å². The van der Waals surface area contributed by atoms with Crippen molar-refractivity contribution in [1.82, 2.24) is 4.57 Å². The van der Waals surface area contributed by atoms with Crippen LogP contribution in [0, 0.1) is 6.92 Å². The fourth-order valence-electron chi connectivity index (χ4n) is 3.74. The van der Waals surface area contributed by atoms with Gasteiger partial charge in [0.25, 0.3) is 0 Å². The lowest BCUT2D eigenvalue weighted by atomic mass is 9.92. The average molecular weight is 456 g/mol. The molecule has 0 amide bonds. The number of carbonyl (C=O) groups is 3. The molecule has 3 rings (SSSR count). The van der Waals surface area contributed by atoms with Gasteiger partial charge in [-0.25, -0.2) is 9.36 Å². The van der Waals surface area contributed by atoms with E-state index < -0.39 is 29.4 Å². The summed E-state index contributed by atoms with van der Waals surface area (Å²) in [4.78, 5) is 38.5. The Bertz CT molecular complexity index is 1200. The molecule has 0 radical (unpaired) electrons. The minimum absolute atomic E-state index is 0.107. The number of ether oxygens (including phenoxy) is 1. The third-order valence-corrected chi connectivity index (χ3v) is 5.29. The molecule has 0 aliphatic rings. The second kappa shape index (κ2) is 8.79. The van der Waals surface area contributed by atoms with E-state index in [-0.39, 0.29) is 12.1 Å². The zero-order valence-electron chi connectivity index (χ0n) is 18.7. The largest absolute Gasteiger partial charge is 0.481 e. The first-order valence-electron chi connectivity index (χ1n) is 10.3. The molecule has 0 spiro atoms. The van der Waals surface area contributed by atoms with Crippen molar-refractivity contribution in [3.63, 3.8) is 0 Å². The van der Waals surface area contributed by atoms with Crippen molar-refractivity contribution < 1.29 is 24.2 Å².